The molecule has 27 heavy (non-hydrogen) atoms. The molecule has 0 bridgehead atoms. The molecule has 8 nitrogen and oxygen atoms in total. The number of benzene rings is 1. The first-order valence-electron chi connectivity index (χ1n) is 8.64. The molecule has 0 aliphatic rings. The van der Waals surface area contributed by atoms with Crippen molar-refractivity contribution in [3.63, 3.8) is 0 Å². The lowest BCUT2D eigenvalue weighted by Gasteiger charge is -2.34. The lowest BCUT2D eigenvalue weighted by Crippen LogP contribution is -2.57. The van der Waals surface area contributed by atoms with Gasteiger partial charge in [-0.3, -0.25) is 9.59 Å². The summed E-state index contributed by atoms with van der Waals surface area (Å²) in [6.45, 7) is 7.05. The molecule has 8 heteroatoms. The highest BCUT2D eigenvalue weighted by Gasteiger charge is 2.34. The van der Waals surface area contributed by atoms with E-state index in [9.17, 15) is 14.4 Å². The Bertz CT molecular complexity index is 688. The number of para-hydroxylation sites is 1. The smallest absolute Gasteiger partial charge is 0.438 e. The van der Waals surface area contributed by atoms with Crippen molar-refractivity contribution in [2.45, 2.75) is 39.3 Å². The fraction of sp³-hybridized carbons (Fsp3) is 0.526. The van der Waals surface area contributed by atoms with Gasteiger partial charge in [0.25, 0.3) is 5.91 Å². The number of ether oxygens (including phenoxy) is 2. The second kappa shape index (κ2) is 9.25. The van der Waals surface area contributed by atoms with Crippen molar-refractivity contribution < 1.29 is 23.9 Å². The molecule has 1 rings (SSSR count). The van der Waals surface area contributed by atoms with Crippen LogP contribution in [-0.4, -0.2) is 55.2 Å². The first-order chi connectivity index (χ1) is 12.5. The van der Waals surface area contributed by atoms with Crippen LogP contribution in [0.4, 0.5) is 10.5 Å². The number of amides is 2. The number of rotatable bonds is 7. The monoisotopic (exact) mass is 379 g/mol. The van der Waals surface area contributed by atoms with Gasteiger partial charge in [0.05, 0.1) is 18.2 Å². The molecule has 0 saturated carbocycles. The summed E-state index contributed by atoms with van der Waals surface area (Å²) >= 11 is 0. The van der Waals surface area contributed by atoms with Gasteiger partial charge in [-0.25, -0.2) is 4.79 Å². The predicted molar refractivity (Wildman–Crippen MR) is 102 cm³/mol. The Morgan fingerprint density at radius 1 is 1.22 bits per heavy atom. The molecule has 0 aliphatic heterocycles. The zero-order valence-electron chi connectivity index (χ0n) is 16.7. The van der Waals surface area contributed by atoms with Crippen LogP contribution in [0.25, 0.3) is 0 Å². The van der Waals surface area contributed by atoms with Crippen LogP contribution in [0.1, 0.15) is 38.1 Å². The second-order valence-electron chi connectivity index (χ2n) is 7.31. The Morgan fingerprint density at radius 3 is 2.33 bits per heavy atom. The van der Waals surface area contributed by atoms with Gasteiger partial charge in [-0.2, -0.15) is 0 Å². The van der Waals surface area contributed by atoms with E-state index in [1.54, 1.807) is 45.2 Å². The lowest BCUT2D eigenvalue weighted by atomic mass is 9.98. The van der Waals surface area contributed by atoms with Crippen LogP contribution in [-0.2, 0) is 14.3 Å². The molecule has 0 radical (unpaired) electrons. The Balaban J connectivity index is 2.93. The van der Waals surface area contributed by atoms with Crippen LogP contribution in [0.2, 0.25) is 0 Å². The van der Waals surface area contributed by atoms with E-state index in [2.05, 4.69) is 10.1 Å². The molecule has 150 valence electrons. The Labute approximate surface area is 160 Å². The minimum absolute atomic E-state index is 0.0699. The topological polar surface area (TPSA) is 111 Å². The summed E-state index contributed by atoms with van der Waals surface area (Å²) < 4.78 is 9.34. The van der Waals surface area contributed by atoms with E-state index in [-0.39, 0.29) is 24.3 Å². The molecule has 0 aromatic heterocycles. The number of nitrogens with two attached hydrogens (primary N) is 1. The van der Waals surface area contributed by atoms with Crippen LogP contribution in [0.5, 0.6) is 0 Å². The maximum Gasteiger partial charge on any atom is 0.508 e. The first-order valence-corrected chi connectivity index (χ1v) is 8.64. The third-order valence-electron chi connectivity index (χ3n) is 4.01. The maximum absolute atomic E-state index is 12.9. The molecule has 0 spiro atoms. The summed E-state index contributed by atoms with van der Waals surface area (Å²) in [5.41, 5.74) is 5.74. The number of nitrogens with zero attached hydrogens (tertiary/aromatic N) is 1. The molecule has 0 aliphatic carbocycles. The van der Waals surface area contributed by atoms with Crippen LogP contribution >= 0.6 is 0 Å². The molecule has 0 fully saturated rings. The summed E-state index contributed by atoms with van der Waals surface area (Å²) in [5.74, 6) is -0.847. The highest BCUT2D eigenvalue weighted by molar-refractivity contribution is 6.01. The number of carbonyl (C=O) groups is 3. The van der Waals surface area contributed by atoms with Crippen LogP contribution in [0.3, 0.4) is 0 Å². The van der Waals surface area contributed by atoms with E-state index in [1.807, 2.05) is 13.8 Å². The zero-order chi connectivity index (χ0) is 20.8. The molecule has 3 N–H and O–H groups in total. The van der Waals surface area contributed by atoms with Crippen molar-refractivity contribution in [3.8, 4) is 0 Å². The number of nitrogens with one attached hydrogen (secondary N) is 1. The molecule has 1 aromatic rings. The van der Waals surface area contributed by atoms with Gasteiger partial charge >= 0.3 is 6.16 Å². The van der Waals surface area contributed by atoms with Gasteiger partial charge in [0.2, 0.25) is 5.91 Å². The molecular weight excluding hydrogens is 350 g/mol. The molecule has 1 unspecified atom stereocenters. The predicted octanol–water partition coefficient (Wildman–Crippen LogP) is 2.04. The third-order valence-corrected chi connectivity index (χ3v) is 4.01. The van der Waals surface area contributed by atoms with Crippen molar-refractivity contribution >= 4 is 23.7 Å². The van der Waals surface area contributed by atoms with Crippen molar-refractivity contribution in [3.05, 3.63) is 29.8 Å². The highest BCUT2D eigenvalue weighted by atomic mass is 16.7. The van der Waals surface area contributed by atoms with Crippen molar-refractivity contribution in [2.75, 3.05) is 26.5 Å². The molecule has 2 amide bonds. The van der Waals surface area contributed by atoms with Crippen LogP contribution in [0.15, 0.2) is 24.3 Å². The minimum atomic E-state index is -0.839. The van der Waals surface area contributed by atoms with E-state index in [0.29, 0.717) is 11.3 Å². The minimum Gasteiger partial charge on any atom is -0.438 e. The van der Waals surface area contributed by atoms with E-state index in [4.69, 9.17) is 10.5 Å². The average Bonchev–Trinajstić information content (AvgIpc) is 2.58. The van der Waals surface area contributed by atoms with Gasteiger partial charge < -0.3 is 25.4 Å². The number of nitrogen functional groups attached to an aromatic ring is 1. The summed E-state index contributed by atoms with van der Waals surface area (Å²) in [6, 6.07) is 5.99. The standard InChI is InChI=1S/C19H29N3O5/c1-12(2)15(16(23)21-19(3,4)11-27-18(25)26-6)22(5)17(24)13-9-7-8-10-14(13)20/h7-10,12,15H,11,20H2,1-6H3,(H,21,23). The van der Waals surface area contributed by atoms with Gasteiger partial charge in [-0.1, -0.05) is 26.0 Å². The lowest BCUT2D eigenvalue weighted by molar-refractivity contribution is -0.129. The molecule has 1 aromatic carbocycles. The summed E-state index contributed by atoms with van der Waals surface area (Å²) in [7, 11) is 2.77. The van der Waals surface area contributed by atoms with Crippen molar-refractivity contribution in [2.24, 2.45) is 5.92 Å². The number of likely N-dealkylation sites (N-methyl/N-ethyl adjacent to an activating group) is 1. The number of hydrogen-bond donors (Lipinski definition) is 2. The number of anilines is 1. The van der Waals surface area contributed by atoms with Gasteiger partial charge in [-0.05, 0) is 31.9 Å². The van der Waals surface area contributed by atoms with Crippen molar-refractivity contribution in [1.82, 2.24) is 10.2 Å². The normalized spacial score (nSPS) is 12.3. The summed E-state index contributed by atoms with van der Waals surface area (Å²) in [5, 5.41) is 2.82. The molecule has 0 saturated heterocycles. The Hall–Kier alpha value is -2.77. The summed E-state index contributed by atoms with van der Waals surface area (Å²) in [4.78, 5) is 38.2. The van der Waals surface area contributed by atoms with Gasteiger partial charge in [0.15, 0.2) is 0 Å². The van der Waals surface area contributed by atoms with Crippen molar-refractivity contribution in [1.29, 1.82) is 0 Å². The third kappa shape index (κ3) is 6.16. The number of hydrogen-bond acceptors (Lipinski definition) is 6. The first kappa shape index (κ1) is 22.3. The Kier molecular flexibility index (Phi) is 7.63. The van der Waals surface area contributed by atoms with E-state index in [0.717, 1.165) is 0 Å². The zero-order valence-corrected chi connectivity index (χ0v) is 16.7. The fourth-order valence-electron chi connectivity index (χ4n) is 2.68. The summed E-state index contributed by atoms with van der Waals surface area (Å²) in [6.07, 6.45) is -0.829. The Morgan fingerprint density at radius 2 is 1.81 bits per heavy atom. The maximum atomic E-state index is 12.9. The number of methoxy groups -OCH3 is 1. The second-order valence-corrected chi connectivity index (χ2v) is 7.31. The molecule has 1 atom stereocenters. The average molecular weight is 379 g/mol. The van der Waals surface area contributed by atoms with Gasteiger partial charge in [-0.15, -0.1) is 0 Å². The van der Waals surface area contributed by atoms with E-state index in [1.165, 1.54) is 12.0 Å². The van der Waals surface area contributed by atoms with Crippen LogP contribution < -0.4 is 11.1 Å². The van der Waals surface area contributed by atoms with Gasteiger partial charge in [0.1, 0.15) is 12.6 Å². The van der Waals surface area contributed by atoms with Crippen LogP contribution in [0, 0.1) is 5.92 Å². The highest BCUT2D eigenvalue weighted by Crippen LogP contribution is 2.18. The largest absolute Gasteiger partial charge is 0.508 e. The fourth-order valence-corrected chi connectivity index (χ4v) is 2.68. The SMILES string of the molecule is COC(=O)OCC(C)(C)NC(=O)C(C(C)C)N(C)C(=O)c1ccccc1N. The van der Waals surface area contributed by atoms with E-state index < -0.39 is 17.7 Å². The quantitative estimate of drug-likeness (QED) is 0.554. The molecular formula is C19H29N3O5. The van der Waals surface area contributed by atoms with Gasteiger partial charge in [0, 0.05) is 12.7 Å². The number of carbonyl (C=O) groups excluding carboxylic acids is 3. The van der Waals surface area contributed by atoms with E-state index >= 15 is 0 Å². The molecule has 0 heterocycles.